The van der Waals surface area contributed by atoms with Gasteiger partial charge >= 0.3 is 12.1 Å². The topological polar surface area (TPSA) is 58.6 Å². The lowest BCUT2D eigenvalue weighted by molar-refractivity contribution is -0.269. The zero-order chi connectivity index (χ0) is 21.7. The van der Waals surface area contributed by atoms with E-state index < -0.39 is 17.7 Å². The van der Waals surface area contributed by atoms with Crippen molar-refractivity contribution in [1.29, 1.82) is 0 Å². The van der Waals surface area contributed by atoms with Crippen LogP contribution in [0, 0.1) is 0 Å². The number of hydrogen-bond donors (Lipinski definition) is 2. The van der Waals surface area contributed by atoms with Crippen molar-refractivity contribution in [3.63, 3.8) is 0 Å². The number of benzene rings is 3. The summed E-state index contributed by atoms with van der Waals surface area (Å²) in [6.07, 6.45) is -3.94. The fourth-order valence-electron chi connectivity index (χ4n) is 3.46. The van der Waals surface area contributed by atoms with Crippen LogP contribution in [0.15, 0.2) is 60.7 Å². The van der Waals surface area contributed by atoms with Crippen molar-refractivity contribution in [3.05, 3.63) is 87.4 Å². The third-order valence-corrected chi connectivity index (χ3v) is 5.26. The van der Waals surface area contributed by atoms with Crippen LogP contribution in [0.3, 0.4) is 0 Å². The zero-order valence-electron chi connectivity index (χ0n) is 14.9. The molecule has 0 spiro atoms. The molecule has 3 aromatic rings. The van der Waals surface area contributed by atoms with Crippen LogP contribution in [0.2, 0.25) is 10.0 Å². The van der Waals surface area contributed by atoms with E-state index in [2.05, 4.69) is 5.48 Å². The number of carboxylic acid groups (broad SMARTS) is 1. The number of carbonyl (C=O) groups is 1. The largest absolute Gasteiger partial charge is 0.478 e. The van der Waals surface area contributed by atoms with E-state index in [4.69, 9.17) is 28.0 Å². The van der Waals surface area contributed by atoms with E-state index in [0.717, 1.165) is 18.2 Å². The third-order valence-electron chi connectivity index (χ3n) is 4.83. The van der Waals surface area contributed by atoms with E-state index >= 15 is 0 Å². The van der Waals surface area contributed by atoms with Crippen LogP contribution in [0.4, 0.5) is 13.2 Å². The van der Waals surface area contributed by atoms with E-state index in [0.29, 0.717) is 16.3 Å². The highest BCUT2D eigenvalue weighted by atomic mass is 35.5. The van der Waals surface area contributed by atoms with Gasteiger partial charge < -0.3 is 5.11 Å². The molecule has 4 rings (SSSR count). The van der Waals surface area contributed by atoms with Crippen molar-refractivity contribution < 1.29 is 27.9 Å². The lowest BCUT2D eigenvalue weighted by Gasteiger charge is -2.28. The van der Waals surface area contributed by atoms with Crippen molar-refractivity contribution in [3.8, 4) is 0 Å². The summed E-state index contributed by atoms with van der Waals surface area (Å²) in [7, 11) is 0. The molecule has 0 bridgehead atoms. The summed E-state index contributed by atoms with van der Waals surface area (Å²) < 4.78 is 42.5. The minimum Gasteiger partial charge on any atom is -0.478 e. The van der Waals surface area contributed by atoms with Gasteiger partial charge in [-0.15, -0.1) is 0 Å². The highest BCUT2D eigenvalue weighted by Gasteiger charge is 2.59. The van der Waals surface area contributed by atoms with Crippen molar-refractivity contribution in [2.24, 2.45) is 0 Å². The van der Waals surface area contributed by atoms with Gasteiger partial charge in [0.15, 0.2) is 0 Å². The minimum atomic E-state index is -4.84. The summed E-state index contributed by atoms with van der Waals surface area (Å²) in [5, 5.41) is 10.3. The first-order valence-electron chi connectivity index (χ1n) is 8.58. The molecule has 0 saturated heterocycles. The predicted molar refractivity (Wildman–Crippen MR) is 107 cm³/mol. The summed E-state index contributed by atoms with van der Waals surface area (Å²) in [5.74, 6) is -1.14. The number of alkyl halides is 3. The summed E-state index contributed by atoms with van der Waals surface area (Å²) in [5.41, 5.74) is -0.330. The molecule has 1 aliphatic rings. The van der Waals surface area contributed by atoms with Gasteiger partial charge in [-0.3, -0.25) is 10.3 Å². The van der Waals surface area contributed by atoms with Crippen LogP contribution in [0.5, 0.6) is 0 Å². The molecule has 0 saturated carbocycles. The molecule has 1 atom stereocenters. The van der Waals surface area contributed by atoms with Crippen LogP contribution >= 0.6 is 23.2 Å². The van der Waals surface area contributed by atoms with Gasteiger partial charge in [0, 0.05) is 21.2 Å². The lowest BCUT2D eigenvalue weighted by Crippen LogP contribution is -2.42. The van der Waals surface area contributed by atoms with Crippen LogP contribution in [0.1, 0.15) is 21.5 Å². The van der Waals surface area contributed by atoms with E-state index in [1.54, 1.807) is 24.3 Å². The highest BCUT2D eigenvalue weighted by molar-refractivity contribution is 6.34. The minimum absolute atomic E-state index is 0.0304. The molecule has 0 radical (unpaired) electrons. The van der Waals surface area contributed by atoms with Crippen molar-refractivity contribution in [2.75, 3.05) is 0 Å². The van der Waals surface area contributed by atoms with Crippen LogP contribution in [-0.4, -0.2) is 17.3 Å². The molecule has 0 aliphatic carbocycles. The Morgan fingerprint density at radius 2 is 1.63 bits per heavy atom. The van der Waals surface area contributed by atoms with Gasteiger partial charge in [0.2, 0.25) is 5.60 Å². The summed E-state index contributed by atoms with van der Waals surface area (Å²) in [6.45, 7) is 0. The first-order valence-corrected chi connectivity index (χ1v) is 9.33. The molecule has 0 fully saturated rings. The maximum absolute atomic E-state index is 14.2. The fraction of sp³-hybridized carbons (Fsp3) is 0.0952. The molecule has 1 unspecified atom stereocenters. The van der Waals surface area contributed by atoms with E-state index in [-0.39, 0.29) is 26.9 Å². The molecule has 30 heavy (non-hydrogen) atoms. The maximum Gasteiger partial charge on any atom is 0.428 e. The molecule has 2 N–H and O–H groups in total. The Morgan fingerprint density at radius 3 is 2.23 bits per heavy atom. The van der Waals surface area contributed by atoms with Crippen molar-refractivity contribution >= 4 is 45.6 Å². The Balaban J connectivity index is 1.94. The van der Waals surface area contributed by atoms with Crippen LogP contribution in [0.25, 0.3) is 16.5 Å². The van der Waals surface area contributed by atoms with Gasteiger partial charge in [0.05, 0.1) is 11.3 Å². The lowest BCUT2D eigenvalue weighted by atomic mass is 9.90. The Bertz CT molecular complexity index is 1190. The average molecular weight is 454 g/mol. The number of halogens is 5. The number of hydroxylamine groups is 1. The van der Waals surface area contributed by atoms with E-state index in [1.165, 1.54) is 18.2 Å². The molecule has 154 valence electrons. The average Bonchev–Trinajstić information content (AvgIpc) is 3.13. The Labute approximate surface area is 178 Å². The first kappa shape index (κ1) is 20.5. The summed E-state index contributed by atoms with van der Waals surface area (Å²) in [4.78, 5) is 16.6. The van der Waals surface area contributed by atoms with Gasteiger partial charge in [0.1, 0.15) is 0 Å². The molecule has 1 heterocycles. The molecule has 0 aromatic heterocycles. The molecule has 0 amide bonds. The smallest absolute Gasteiger partial charge is 0.428 e. The molecule has 3 aromatic carbocycles. The van der Waals surface area contributed by atoms with Crippen LogP contribution in [-0.2, 0) is 10.4 Å². The maximum atomic E-state index is 14.2. The number of fused-ring (bicyclic) bond motifs is 1. The standard InChI is InChI=1S/C21H12Cl2F3NO3/c22-12-7-11(8-13(23)9-12)20(21(24,25)26)10-18(27-30-20)16-5-6-17(19(28)29)15-4-2-1-3-14(15)16/h1-10,27H,(H,28,29). The van der Waals surface area contributed by atoms with Gasteiger partial charge in [-0.2, -0.15) is 13.2 Å². The first-order chi connectivity index (χ1) is 14.1. The molecule has 9 heteroatoms. The van der Waals surface area contributed by atoms with Crippen LogP contribution < -0.4 is 5.48 Å². The second-order valence-electron chi connectivity index (χ2n) is 6.67. The normalized spacial score (nSPS) is 18.9. The second-order valence-corrected chi connectivity index (χ2v) is 7.54. The van der Waals surface area contributed by atoms with E-state index in [1.807, 2.05) is 0 Å². The molecular weight excluding hydrogens is 442 g/mol. The fourth-order valence-corrected chi connectivity index (χ4v) is 3.99. The molecule has 1 aliphatic heterocycles. The second kappa shape index (κ2) is 7.19. The van der Waals surface area contributed by atoms with Crippen molar-refractivity contribution in [2.45, 2.75) is 11.8 Å². The van der Waals surface area contributed by atoms with Gasteiger partial charge in [0.25, 0.3) is 0 Å². The third kappa shape index (κ3) is 3.29. The van der Waals surface area contributed by atoms with E-state index in [9.17, 15) is 23.1 Å². The van der Waals surface area contributed by atoms with Crippen molar-refractivity contribution in [1.82, 2.24) is 5.48 Å². The zero-order valence-corrected chi connectivity index (χ0v) is 16.4. The summed E-state index contributed by atoms with van der Waals surface area (Å²) >= 11 is 11.8. The summed E-state index contributed by atoms with van der Waals surface area (Å²) in [6, 6.07) is 12.9. The number of rotatable bonds is 3. The Hall–Kier alpha value is -2.74. The molecular formula is C21H12Cl2F3NO3. The monoisotopic (exact) mass is 453 g/mol. The van der Waals surface area contributed by atoms with Gasteiger partial charge in [-0.05, 0) is 41.1 Å². The quantitative estimate of drug-likeness (QED) is 0.497. The number of carboxylic acids is 1. The predicted octanol–water partition coefficient (Wildman–Crippen LogP) is 6.18. The molecule has 4 nitrogen and oxygen atoms in total. The van der Waals surface area contributed by atoms with Gasteiger partial charge in [-0.25, -0.2) is 4.79 Å². The Kier molecular flexibility index (Phi) is 4.92. The van der Waals surface area contributed by atoms with Gasteiger partial charge in [-0.1, -0.05) is 53.5 Å². The number of hydrogen-bond acceptors (Lipinski definition) is 3. The number of nitrogens with one attached hydrogen (secondary N) is 1. The highest BCUT2D eigenvalue weighted by Crippen LogP contribution is 2.48. The number of aromatic carboxylic acids is 1. The SMILES string of the molecule is O=C(O)c1ccc(C2=CC(c3cc(Cl)cc(Cl)c3)(C(F)(F)F)ON2)c2ccccc12. The Morgan fingerprint density at radius 1 is 1.00 bits per heavy atom.